The van der Waals surface area contributed by atoms with Gasteiger partial charge in [-0.05, 0) is 50.5 Å². The fraction of sp³-hybridized carbons (Fsp3) is 0.440. The number of carbonyl (C=O) groups is 1. The van der Waals surface area contributed by atoms with Crippen molar-refractivity contribution in [1.82, 2.24) is 20.2 Å². The predicted molar refractivity (Wildman–Crippen MR) is 138 cm³/mol. The number of amides is 1. The van der Waals surface area contributed by atoms with Crippen molar-refractivity contribution >= 4 is 27.7 Å². The summed E-state index contributed by atoms with van der Waals surface area (Å²) in [5.41, 5.74) is 1.21. The average Bonchev–Trinajstić information content (AvgIpc) is 3.69. The van der Waals surface area contributed by atoms with Crippen molar-refractivity contribution in [2.75, 3.05) is 25.2 Å². The first kappa shape index (κ1) is 27.5. The van der Waals surface area contributed by atoms with E-state index in [4.69, 9.17) is 10.00 Å². The highest BCUT2D eigenvalue weighted by Gasteiger charge is 2.56. The highest BCUT2D eigenvalue weighted by atomic mass is 32.2. The van der Waals surface area contributed by atoms with Crippen LogP contribution in [0.4, 0.5) is 5.69 Å². The molecule has 202 valence electrons. The Morgan fingerprint density at radius 2 is 2.00 bits per heavy atom. The van der Waals surface area contributed by atoms with Crippen molar-refractivity contribution in [3.05, 3.63) is 52.7 Å². The summed E-state index contributed by atoms with van der Waals surface area (Å²) < 4.78 is 33.2. The Kier molecular flexibility index (Phi) is 7.44. The topological polar surface area (TPSA) is 178 Å². The molecule has 2 heterocycles. The van der Waals surface area contributed by atoms with E-state index < -0.39 is 32.4 Å². The lowest BCUT2D eigenvalue weighted by molar-refractivity contribution is -0.118. The molecule has 13 heteroatoms. The van der Waals surface area contributed by atoms with Gasteiger partial charge in [-0.3, -0.25) is 4.79 Å². The normalized spacial score (nSPS) is 18.2. The van der Waals surface area contributed by atoms with Crippen molar-refractivity contribution in [3.8, 4) is 11.9 Å². The number of aliphatic hydroxyl groups is 2. The van der Waals surface area contributed by atoms with Crippen LogP contribution >= 0.6 is 0 Å². The Hall–Kier alpha value is -3.57. The number of likely N-dealkylation sites (N-methyl/N-ethyl adjacent to an activating group) is 1. The summed E-state index contributed by atoms with van der Waals surface area (Å²) in [5.74, 6) is -0.459. The van der Waals surface area contributed by atoms with Gasteiger partial charge in [0.2, 0.25) is 10.0 Å². The summed E-state index contributed by atoms with van der Waals surface area (Å²) in [4.78, 5) is 14.3. The molecule has 1 amide bonds. The van der Waals surface area contributed by atoms with Crippen molar-refractivity contribution in [1.29, 1.82) is 5.26 Å². The zero-order valence-electron chi connectivity index (χ0n) is 21.3. The van der Waals surface area contributed by atoms with Gasteiger partial charge in [-0.25, -0.2) is 13.1 Å². The molecule has 2 aliphatic rings. The highest BCUT2D eigenvalue weighted by molar-refractivity contribution is 7.91. The number of carbonyl (C=O) groups excluding carboxylic acids is 1. The second-order valence-electron chi connectivity index (χ2n) is 10.1. The molecule has 1 fully saturated rings. The molecule has 1 aliphatic heterocycles. The van der Waals surface area contributed by atoms with Crippen LogP contribution in [0.3, 0.4) is 0 Å². The van der Waals surface area contributed by atoms with Gasteiger partial charge in [0.15, 0.2) is 6.23 Å². The van der Waals surface area contributed by atoms with Crippen molar-refractivity contribution < 1.29 is 28.2 Å². The van der Waals surface area contributed by atoms with Gasteiger partial charge >= 0.3 is 0 Å². The quantitative estimate of drug-likeness (QED) is 0.329. The molecule has 4 rings (SSSR count). The van der Waals surface area contributed by atoms with Crippen molar-refractivity contribution in [2.45, 2.75) is 49.7 Å². The van der Waals surface area contributed by atoms with Gasteiger partial charge < -0.3 is 25.2 Å². The average molecular weight is 543 g/mol. The maximum Gasteiger partial charge on any atom is 0.258 e. The maximum absolute atomic E-state index is 13.0. The molecule has 1 aromatic heterocycles. The number of benzene rings is 1. The third-order valence-electron chi connectivity index (χ3n) is 6.58. The highest BCUT2D eigenvalue weighted by Crippen LogP contribution is 2.45. The fourth-order valence-corrected chi connectivity index (χ4v) is 5.87. The zero-order chi connectivity index (χ0) is 27.7. The van der Waals surface area contributed by atoms with Crippen LogP contribution in [0.5, 0.6) is 5.88 Å². The molecule has 2 aromatic rings. The monoisotopic (exact) mass is 542 g/mol. The van der Waals surface area contributed by atoms with Crippen LogP contribution in [-0.4, -0.2) is 71.5 Å². The first-order chi connectivity index (χ1) is 17.9. The van der Waals surface area contributed by atoms with Gasteiger partial charge in [-0.15, -0.1) is 5.10 Å². The van der Waals surface area contributed by atoms with Gasteiger partial charge in [0.05, 0.1) is 35.5 Å². The van der Waals surface area contributed by atoms with Crippen molar-refractivity contribution in [2.24, 2.45) is 0 Å². The van der Waals surface area contributed by atoms with E-state index in [1.165, 1.54) is 17.2 Å². The van der Waals surface area contributed by atoms with Crippen LogP contribution < -0.4 is 19.7 Å². The Labute approximate surface area is 221 Å². The van der Waals surface area contributed by atoms with Gasteiger partial charge in [0.1, 0.15) is 17.0 Å². The first-order valence-electron chi connectivity index (χ1n) is 11.9. The molecule has 1 unspecified atom stereocenters. The molecule has 0 radical (unpaired) electrons. The first-order valence-corrected chi connectivity index (χ1v) is 13.4. The number of ether oxygens (including phenoxy) is 1. The number of nitriles is 1. The number of fused-ring (bicyclic) bond motifs is 1. The molecule has 1 atom stereocenters. The van der Waals surface area contributed by atoms with E-state index in [2.05, 4.69) is 20.2 Å². The molecule has 0 bridgehead atoms. The number of aromatic nitrogens is 2. The summed E-state index contributed by atoms with van der Waals surface area (Å²) in [5, 5.41) is 40.0. The second kappa shape index (κ2) is 10.3. The number of nitrogens with one attached hydrogen (secondary N) is 2. The van der Waals surface area contributed by atoms with Gasteiger partial charge in [-0.1, -0.05) is 12.1 Å². The molecular weight excluding hydrogens is 512 g/mol. The van der Waals surface area contributed by atoms with E-state index in [9.17, 15) is 23.4 Å². The van der Waals surface area contributed by atoms with Crippen LogP contribution in [0.25, 0.3) is 6.08 Å². The lowest BCUT2D eigenvalue weighted by Gasteiger charge is -2.33. The van der Waals surface area contributed by atoms with Crippen LogP contribution in [0, 0.1) is 11.3 Å². The number of rotatable bonds is 10. The smallest absolute Gasteiger partial charge is 0.258 e. The Morgan fingerprint density at radius 1 is 1.32 bits per heavy atom. The molecule has 1 saturated carbocycles. The molecule has 12 nitrogen and oxygen atoms in total. The summed E-state index contributed by atoms with van der Waals surface area (Å²) >= 11 is 0. The third-order valence-corrected chi connectivity index (χ3v) is 9.07. The second-order valence-corrected chi connectivity index (χ2v) is 12.2. The van der Waals surface area contributed by atoms with E-state index >= 15 is 0 Å². The molecular formula is C25H30N6O6S. The van der Waals surface area contributed by atoms with E-state index in [1.54, 1.807) is 45.2 Å². The number of aliphatic hydroxyl groups excluding tert-OH is 2. The van der Waals surface area contributed by atoms with Crippen LogP contribution in [0.1, 0.15) is 43.4 Å². The molecule has 0 spiro atoms. The van der Waals surface area contributed by atoms with E-state index in [0.29, 0.717) is 29.7 Å². The third kappa shape index (κ3) is 5.48. The lowest BCUT2D eigenvalue weighted by Crippen LogP contribution is -2.51. The molecule has 38 heavy (non-hydrogen) atoms. The van der Waals surface area contributed by atoms with E-state index in [0.717, 1.165) is 5.56 Å². The summed E-state index contributed by atoms with van der Waals surface area (Å²) in [6, 6.07) is 8.81. The Morgan fingerprint density at radius 3 is 2.61 bits per heavy atom. The molecule has 4 N–H and O–H groups in total. The van der Waals surface area contributed by atoms with Crippen LogP contribution in [-0.2, 0) is 21.4 Å². The summed E-state index contributed by atoms with van der Waals surface area (Å²) in [7, 11) is -2.25. The number of nitrogens with zero attached hydrogens (tertiary/aromatic N) is 4. The van der Waals surface area contributed by atoms with Crippen molar-refractivity contribution in [3.63, 3.8) is 0 Å². The number of hydrogen-bond donors (Lipinski definition) is 4. The number of sulfonamides is 1. The largest absolute Gasteiger partial charge is 0.473 e. The predicted octanol–water partition coefficient (Wildman–Crippen LogP) is 0.418. The van der Waals surface area contributed by atoms with Gasteiger partial charge in [-0.2, -0.15) is 10.4 Å². The van der Waals surface area contributed by atoms with Crippen LogP contribution in [0.15, 0.2) is 36.0 Å². The minimum absolute atomic E-state index is 0.0280. The SMILES string of the molecule is CN1c2c(cnnc2OCC2(S(=O)(=O)NC(C)(C)CO)CC2)C=C(C(=O)NCc2ccc(C#N)cc2)C1O. The standard InChI is InChI=1S/C25H30N6O6S/c1-24(2,14-32)30-38(35,36)25(8-9-25)15-37-22-20-18(13-28-29-22)10-19(23(34)31(20)3)21(33)27-12-17-6-4-16(11-26)5-7-17/h4-7,10,13,23,30,32,34H,8-9,12,14-15H2,1-3H3,(H,27,33). The van der Waals surface area contributed by atoms with Gasteiger partial charge in [0.25, 0.3) is 11.8 Å². The minimum Gasteiger partial charge on any atom is -0.473 e. The molecule has 1 aromatic carbocycles. The number of anilines is 1. The van der Waals surface area contributed by atoms with Crippen LogP contribution in [0.2, 0.25) is 0 Å². The van der Waals surface area contributed by atoms with E-state index in [1.807, 2.05) is 6.07 Å². The molecule has 1 aliphatic carbocycles. The van der Waals surface area contributed by atoms with Gasteiger partial charge in [0, 0.05) is 19.2 Å². The summed E-state index contributed by atoms with van der Waals surface area (Å²) in [6.07, 6.45) is 2.36. The Balaban J connectivity index is 1.50. The lowest BCUT2D eigenvalue weighted by atomic mass is 10.0. The zero-order valence-corrected chi connectivity index (χ0v) is 22.1. The molecule has 0 saturated heterocycles. The summed E-state index contributed by atoms with van der Waals surface area (Å²) in [6.45, 7) is 2.81. The minimum atomic E-state index is -3.81. The number of hydrogen-bond acceptors (Lipinski definition) is 10. The maximum atomic E-state index is 13.0. The van der Waals surface area contributed by atoms with E-state index in [-0.39, 0.29) is 31.2 Å². The fourth-order valence-electron chi connectivity index (χ4n) is 4.00. The Bertz CT molecular complexity index is 1400.